The average molecular weight is 546 g/mol. The average Bonchev–Trinajstić information content (AvgIpc) is 2.97. The molecule has 8 nitrogen and oxygen atoms in total. The van der Waals surface area contributed by atoms with Gasteiger partial charge in [0.05, 0.1) is 33.5 Å². The van der Waals surface area contributed by atoms with Crippen LogP contribution in [0.1, 0.15) is 38.8 Å². The number of aryl methyl sites for hydroxylation is 2. The Kier molecular flexibility index (Phi) is 7.56. The van der Waals surface area contributed by atoms with Crippen LogP contribution in [-0.4, -0.2) is 39.0 Å². The Labute approximate surface area is 236 Å². The largest absolute Gasteiger partial charge is 0.478 e. The summed E-state index contributed by atoms with van der Waals surface area (Å²) in [4.78, 5) is 46.6. The van der Waals surface area contributed by atoms with E-state index in [4.69, 9.17) is 19.8 Å². The van der Waals surface area contributed by atoms with Crippen molar-refractivity contribution in [1.82, 2.24) is 9.97 Å². The lowest BCUT2D eigenvalue weighted by Crippen LogP contribution is -2.30. The maximum atomic E-state index is 13.0. The normalized spacial score (nSPS) is 11.6. The maximum absolute atomic E-state index is 13.0. The van der Waals surface area contributed by atoms with Gasteiger partial charge in [0.25, 0.3) is 5.91 Å². The highest BCUT2D eigenvalue weighted by Gasteiger charge is 2.21. The van der Waals surface area contributed by atoms with E-state index >= 15 is 0 Å². The van der Waals surface area contributed by atoms with Crippen LogP contribution >= 0.6 is 0 Å². The molecule has 0 radical (unpaired) electrons. The molecule has 5 rings (SSSR count). The van der Waals surface area contributed by atoms with Crippen LogP contribution < -0.4 is 5.32 Å². The van der Waals surface area contributed by atoms with E-state index in [-0.39, 0.29) is 16.8 Å². The SMILES string of the molecule is Cc1ccc(-c2nc3ccc(C(=O)OC(C)C(=O)Nc4cccc(C(=O)O)c4)cc3nc2-c2ccc(C)cc2)cc1. The van der Waals surface area contributed by atoms with E-state index in [1.165, 1.54) is 25.1 Å². The number of hydrogen-bond acceptors (Lipinski definition) is 6. The molecular weight excluding hydrogens is 518 g/mol. The fourth-order valence-corrected chi connectivity index (χ4v) is 4.26. The van der Waals surface area contributed by atoms with Crippen LogP contribution in [0.15, 0.2) is 91.0 Å². The van der Waals surface area contributed by atoms with E-state index in [1.54, 1.807) is 24.3 Å². The smallest absolute Gasteiger partial charge is 0.338 e. The first-order valence-corrected chi connectivity index (χ1v) is 13.0. The molecule has 0 aliphatic rings. The number of aromatic carboxylic acids is 1. The van der Waals surface area contributed by atoms with E-state index in [0.717, 1.165) is 27.9 Å². The molecule has 4 aromatic carbocycles. The number of benzene rings is 4. The number of ether oxygens (including phenoxy) is 1. The Morgan fingerprint density at radius 2 is 1.32 bits per heavy atom. The molecule has 1 aromatic heterocycles. The van der Waals surface area contributed by atoms with Gasteiger partial charge in [-0.3, -0.25) is 4.79 Å². The van der Waals surface area contributed by atoms with Gasteiger partial charge < -0.3 is 15.2 Å². The standard InChI is InChI=1S/C33H27N3O5/c1-19-7-11-22(12-8-19)29-30(23-13-9-20(2)10-14-23)36-28-18-25(15-16-27(28)35-29)33(40)41-21(3)31(37)34-26-6-4-5-24(17-26)32(38)39/h4-18,21H,1-3H3,(H,34,37)(H,38,39). The highest BCUT2D eigenvalue weighted by molar-refractivity contribution is 5.99. The minimum Gasteiger partial charge on any atom is -0.478 e. The second-order valence-electron chi connectivity index (χ2n) is 9.78. The first-order chi connectivity index (χ1) is 19.7. The molecule has 0 aliphatic heterocycles. The Morgan fingerprint density at radius 1 is 0.732 bits per heavy atom. The number of rotatable bonds is 7. The van der Waals surface area contributed by atoms with E-state index in [0.29, 0.717) is 16.7 Å². The Balaban J connectivity index is 1.42. The molecule has 1 unspecified atom stereocenters. The number of hydrogen-bond donors (Lipinski definition) is 2. The van der Waals surface area contributed by atoms with Crippen molar-refractivity contribution >= 4 is 34.6 Å². The van der Waals surface area contributed by atoms with Gasteiger partial charge in [0, 0.05) is 16.8 Å². The van der Waals surface area contributed by atoms with Crippen LogP contribution in [0, 0.1) is 13.8 Å². The van der Waals surface area contributed by atoms with Gasteiger partial charge in [-0.05, 0) is 57.2 Å². The number of carboxylic acid groups (broad SMARTS) is 1. The van der Waals surface area contributed by atoms with Gasteiger partial charge >= 0.3 is 11.9 Å². The minimum absolute atomic E-state index is 0.0280. The van der Waals surface area contributed by atoms with Crippen molar-refractivity contribution in [2.75, 3.05) is 5.32 Å². The summed E-state index contributed by atoms with van der Waals surface area (Å²) in [5.41, 5.74) is 7.15. The summed E-state index contributed by atoms with van der Waals surface area (Å²) in [5, 5.41) is 11.7. The van der Waals surface area contributed by atoms with Crippen molar-refractivity contribution in [3.05, 3.63) is 113 Å². The predicted molar refractivity (Wildman–Crippen MR) is 157 cm³/mol. The first-order valence-electron chi connectivity index (χ1n) is 13.0. The van der Waals surface area contributed by atoms with E-state index < -0.39 is 23.9 Å². The monoisotopic (exact) mass is 545 g/mol. The molecule has 0 spiro atoms. The molecule has 1 heterocycles. The molecule has 2 N–H and O–H groups in total. The quantitative estimate of drug-likeness (QED) is 0.225. The first kappa shape index (κ1) is 27.2. The third kappa shape index (κ3) is 6.12. The van der Waals surface area contributed by atoms with E-state index in [1.807, 2.05) is 62.4 Å². The zero-order valence-electron chi connectivity index (χ0n) is 22.7. The van der Waals surface area contributed by atoms with Gasteiger partial charge in [0.2, 0.25) is 0 Å². The number of anilines is 1. The molecule has 0 aliphatic carbocycles. The summed E-state index contributed by atoms with van der Waals surface area (Å²) >= 11 is 0. The lowest BCUT2D eigenvalue weighted by Gasteiger charge is -2.14. The fourth-order valence-electron chi connectivity index (χ4n) is 4.26. The van der Waals surface area contributed by atoms with Crippen molar-refractivity contribution < 1.29 is 24.2 Å². The Hall–Kier alpha value is -5.37. The van der Waals surface area contributed by atoms with E-state index in [9.17, 15) is 14.4 Å². The molecule has 1 amide bonds. The van der Waals surface area contributed by atoms with Crippen molar-refractivity contribution in [2.24, 2.45) is 0 Å². The summed E-state index contributed by atoms with van der Waals surface area (Å²) in [6, 6.07) is 26.8. The third-order valence-electron chi connectivity index (χ3n) is 6.58. The molecule has 0 saturated heterocycles. The van der Waals surface area contributed by atoms with Gasteiger partial charge in [0.15, 0.2) is 6.10 Å². The molecular formula is C33H27N3O5. The van der Waals surface area contributed by atoms with E-state index in [2.05, 4.69) is 5.32 Å². The molecule has 8 heteroatoms. The minimum atomic E-state index is -1.13. The number of nitrogens with one attached hydrogen (secondary N) is 1. The molecule has 5 aromatic rings. The van der Waals surface area contributed by atoms with Crippen molar-refractivity contribution in [1.29, 1.82) is 0 Å². The summed E-state index contributed by atoms with van der Waals surface area (Å²) in [6.07, 6.45) is -1.13. The van der Waals surface area contributed by atoms with Crippen LogP contribution in [0.5, 0.6) is 0 Å². The Morgan fingerprint density at radius 3 is 1.90 bits per heavy atom. The zero-order chi connectivity index (χ0) is 29.1. The van der Waals surface area contributed by atoms with Crippen molar-refractivity contribution in [3.63, 3.8) is 0 Å². The maximum Gasteiger partial charge on any atom is 0.338 e. The van der Waals surface area contributed by atoms with Gasteiger partial charge in [0.1, 0.15) is 0 Å². The second-order valence-corrected chi connectivity index (χ2v) is 9.78. The predicted octanol–water partition coefficient (Wildman–Crippen LogP) is 6.46. The lowest BCUT2D eigenvalue weighted by molar-refractivity contribution is -0.123. The fraction of sp³-hybridized carbons (Fsp3) is 0.121. The number of aromatic nitrogens is 2. The molecule has 0 saturated carbocycles. The van der Waals surface area contributed by atoms with Gasteiger partial charge in [-0.1, -0.05) is 65.7 Å². The molecule has 41 heavy (non-hydrogen) atoms. The number of carboxylic acids is 1. The second kappa shape index (κ2) is 11.4. The summed E-state index contributed by atoms with van der Waals surface area (Å²) < 4.78 is 5.41. The number of nitrogens with zero attached hydrogens (tertiary/aromatic N) is 2. The molecule has 204 valence electrons. The number of amides is 1. The Bertz CT molecular complexity index is 1780. The topological polar surface area (TPSA) is 118 Å². The summed E-state index contributed by atoms with van der Waals surface area (Å²) in [7, 11) is 0. The number of esters is 1. The number of carbonyl (C=O) groups excluding carboxylic acids is 2. The number of carbonyl (C=O) groups is 3. The third-order valence-corrected chi connectivity index (χ3v) is 6.58. The van der Waals surface area contributed by atoms with Crippen molar-refractivity contribution in [3.8, 4) is 22.5 Å². The highest BCUT2D eigenvalue weighted by atomic mass is 16.5. The van der Waals surface area contributed by atoms with Crippen LogP contribution in [0.3, 0.4) is 0 Å². The van der Waals surface area contributed by atoms with Crippen LogP contribution in [-0.2, 0) is 9.53 Å². The summed E-state index contributed by atoms with van der Waals surface area (Å²) in [6.45, 7) is 5.49. The number of fused-ring (bicyclic) bond motifs is 1. The van der Waals surface area contributed by atoms with Crippen LogP contribution in [0.2, 0.25) is 0 Å². The zero-order valence-corrected chi connectivity index (χ0v) is 22.7. The van der Waals surface area contributed by atoms with Gasteiger partial charge in [-0.15, -0.1) is 0 Å². The van der Waals surface area contributed by atoms with Crippen molar-refractivity contribution in [2.45, 2.75) is 26.9 Å². The molecule has 0 bridgehead atoms. The van der Waals surface area contributed by atoms with Crippen LogP contribution in [0.4, 0.5) is 5.69 Å². The highest BCUT2D eigenvalue weighted by Crippen LogP contribution is 2.31. The van der Waals surface area contributed by atoms with Gasteiger partial charge in [-0.2, -0.15) is 0 Å². The molecule has 0 fully saturated rings. The van der Waals surface area contributed by atoms with Gasteiger partial charge in [-0.25, -0.2) is 19.6 Å². The summed E-state index contributed by atoms with van der Waals surface area (Å²) in [5.74, 6) is -2.41. The lowest BCUT2D eigenvalue weighted by atomic mass is 10.0. The molecule has 1 atom stereocenters. The van der Waals surface area contributed by atoms with Crippen LogP contribution in [0.25, 0.3) is 33.5 Å².